The normalized spacial score (nSPS) is 16.9. The summed E-state index contributed by atoms with van der Waals surface area (Å²) in [6.45, 7) is 1.77. The number of ether oxygens (including phenoxy) is 1. The molecular weight excluding hydrogens is 207 g/mol. The highest BCUT2D eigenvalue weighted by Crippen LogP contribution is 2.23. The van der Waals surface area contributed by atoms with Crippen LogP contribution in [0.25, 0.3) is 0 Å². The number of hydrogen-bond acceptors (Lipinski definition) is 2. The maximum absolute atomic E-state index is 13.3. The Labute approximate surface area is 85.3 Å². The lowest BCUT2D eigenvalue weighted by Gasteiger charge is -2.29. The topological polar surface area (TPSA) is 12.5 Å². The number of morpholine rings is 1. The highest BCUT2D eigenvalue weighted by Gasteiger charge is 2.18. The second kappa shape index (κ2) is 4.10. The smallest absolute Gasteiger partial charge is 0.182 e. The van der Waals surface area contributed by atoms with Gasteiger partial charge in [0.05, 0.1) is 18.9 Å². The molecule has 1 aromatic rings. The van der Waals surface area contributed by atoms with Crippen LogP contribution in [0.3, 0.4) is 0 Å². The van der Waals surface area contributed by atoms with Crippen LogP contribution in [0.4, 0.5) is 18.9 Å². The number of hydrogen-bond donors (Lipinski definition) is 0. The predicted molar refractivity (Wildman–Crippen MR) is 49.3 cm³/mol. The maximum atomic E-state index is 13.3. The molecule has 1 saturated heterocycles. The van der Waals surface area contributed by atoms with Crippen molar-refractivity contribution in [3.05, 3.63) is 29.6 Å². The number of halogens is 3. The highest BCUT2D eigenvalue weighted by molar-refractivity contribution is 5.48. The average molecular weight is 217 g/mol. The Morgan fingerprint density at radius 2 is 1.73 bits per heavy atom. The van der Waals surface area contributed by atoms with E-state index >= 15 is 0 Å². The van der Waals surface area contributed by atoms with E-state index in [1.165, 1.54) is 0 Å². The molecule has 0 N–H and O–H groups in total. The van der Waals surface area contributed by atoms with Crippen molar-refractivity contribution >= 4 is 5.69 Å². The van der Waals surface area contributed by atoms with Gasteiger partial charge in [-0.25, -0.2) is 13.2 Å². The van der Waals surface area contributed by atoms with Crippen molar-refractivity contribution < 1.29 is 17.9 Å². The minimum Gasteiger partial charge on any atom is -0.378 e. The van der Waals surface area contributed by atoms with Crippen molar-refractivity contribution in [1.82, 2.24) is 0 Å². The summed E-state index contributed by atoms with van der Waals surface area (Å²) in [6, 6.07) is 1.54. The first-order valence-corrected chi connectivity index (χ1v) is 4.66. The summed E-state index contributed by atoms with van der Waals surface area (Å²) in [5.41, 5.74) is -0.0317. The molecule has 2 rings (SSSR count). The summed E-state index contributed by atoms with van der Waals surface area (Å²) < 4.78 is 44.2. The Morgan fingerprint density at radius 1 is 1.07 bits per heavy atom. The van der Waals surface area contributed by atoms with Crippen molar-refractivity contribution in [3.8, 4) is 0 Å². The molecule has 1 aromatic carbocycles. The number of rotatable bonds is 1. The molecule has 1 aliphatic heterocycles. The predicted octanol–water partition coefficient (Wildman–Crippen LogP) is 1.94. The monoisotopic (exact) mass is 217 g/mol. The van der Waals surface area contributed by atoms with Crippen LogP contribution < -0.4 is 4.90 Å². The van der Waals surface area contributed by atoms with Crippen LogP contribution >= 0.6 is 0 Å². The first-order valence-electron chi connectivity index (χ1n) is 4.66. The molecule has 1 heterocycles. The quantitative estimate of drug-likeness (QED) is 0.666. The van der Waals surface area contributed by atoms with Crippen molar-refractivity contribution in [2.24, 2.45) is 0 Å². The van der Waals surface area contributed by atoms with Crippen LogP contribution in [0.15, 0.2) is 12.1 Å². The average Bonchev–Trinajstić information content (AvgIpc) is 2.24. The van der Waals surface area contributed by atoms with Crippen LogP contribution in [0.5, 0.6) is 0 Å². The van der Waals surface area contributed by atoms with Gasteiger partial charge in [0.15, 0.2) is 11.6 Å². The molecular formula is C10H10F3NO. The zero-order valence-corrected chi connectivity index (χ0v) is 7.97. The first-order chi connectivity index (χ1) is 7.18. The van der Waals surface area contributed by atoms with Crippen molar-refractivity contribution in [1.29, 1.82) is 0 Å². The van der Waals surface area contributed by atoms with Crippen molar-refractivity contribution in [2.75, 3.05) is 31.2 Å². The van der Waals surface area contributed by atoms with Crippen LogP contribution in [0.2, 0.25) is 0 Å². The number of nitrogens with zero attached hydrogens (tertiary/aromatic N) is 1. The van der Waals surface area contributed by atoms with Gasteiger partial charge in [0.1, 0.15) is 5.82 Å². The summed E-state index contributed by atoms with van der Waals surface area (Å²) >= 11 is 0. The fourth-order valence-electron chi connectivity index (χ4n) is 1.58. The van der Waals surface area contributed by atoms with E-state index in [1.54, 1.807) is 4.90 Å². The van der Waals surface area contributed by atoms with E-state index in [0.717, 1.165) is 6.07 Å². The van der Waals surface area contributed by atoms with Gasteiger partial charge in [-0.15, -0.1) is 0 Å². The van der Waals surface area contributed by atoms with Gasteiger partial charge >= 0.3 is 0 Å². The molecule has 5 heteroatoms. The van der Waals surface area contributed by atoms with E-state index in [2.05, 4.69) is 0 Å². The molecule has 0 bridgehead atoms. The van der Waals surface area contributed by atoms with Gasteiger partial charge in [-0.3, -0.25) is 0 Å². The van der Waals surface area contributed by atoms with E-state index in [-0.39, 0.29) is 5.69 Å². The molecule has 0 saturated carbocycles. The van der Waals surface area contributed by atoms with Gasteiger partial charge in [-0.05, 0) is 0 Å². The van der Waals surface area contributed by atoms with Gasteiger partial charge in [0, 0.05) is 25.2 Å². The van der Waals surface area contributed by atoms with Gasteiger partial charge in [-0.1, -0.05) is 0 Å². The summed E-state index contributed by atoms with van der Waals surface area (Å²) in [4.78, 5) is 1.57. The Morgan fingerprint density at radius 3 is 2.40 bits per heavy atom. The van der Waals surface area contributed by atoms with Crippen molar-refractivity contribution in [2.45, 2.75) is 0 Å². The lowest BCUT2D eigenvalue weighted by molar-refractivity contribution is 0.122. The third-order valence-corrected chi connectivity index (χ3v) is 2.33. The zero-order chi connectivity index (χ0) is 10.8. The molecule has 0 aromatic heterocycles. The third kappa shape index (κ3) is 2.07. The molecule has 0 radical (unpaired) electrons. The standard InChI is InChI=1S/C10H10F3NO/c11-7-5-8(12)10(13)9(6-7)14-1-3-15-4-2-14/h5-6H,1-4H2. The maximum Gasteiger partial charge on any atom is 0.182 e. The zero-order valence-electron chi connectivity index (χ0n) is 7.97. The third-order valence-electron chi connectivity index (χ3n) is 2.33. The molecule has 0 amide bonds. The fraction of sp³-hybridized carbons (Fsp3) is 0.400. The van der Waals surface area contributed by atoms with E-state index in [9.17, 15) is 13.2 Å². The summed E-state index contributed by atoms with van der Waals surface area (Å²) in [6.07, 6.45) is 0. The van der Waals surface area contributed by atoms with E-state index in [0.29, 0.717) is 32.4 Å². The minimum absolute atomic E-state index is 0.0317. The van der Waals surface area contributed by atoms with Crippen LogP contribution in [0, 0.1) is 17.5 Å². The molecule has 0 unspecified atom stereocenters. The largest absolute Gasteiger partial charge is 0.378 e. The Balaban J connectivity index is 2.33. The van der Waals surface area contributed by atoms with E-state index < -0.39 is 17.5 Å². The molecule has 1 fully saturated rings. The minimum atomic E-state index is -1.16. The summed E-state index contributed by atoms with van der Waals surface area (Å²) in [7, 11) is 0. The molecule has 0 aliphatic carbocycles. The van der Waals surface area contributed by atoms with Gasteiger partial charge in [0.2, 0.25) is 0 Å². The van der Waals surface area contributed by atoms with E-state index in [4.69, 9.17) is 4.74 Å². The van der Waals surface area contributed by atoms with Crippen molar-refractivity contribution in [3.63, 3.8) is 0 Å². The lowest BCUT2D eigenvalue weighted by Crippen LogP contribution is -2.37. The SMILES string of the molecule is Fc1cc(F)c(F)c(N2CCOCC2)c1. The second-order valence-corrected chi connectivity index (χ2v) is 3.32. The molecule has 0 spiro atoms. The number of anilines is 1. The molecule has 15 heavy (non-hydrogen) atoms. The molecule has 82 valence electrons. The van der Waals surface area contributed by atoms with Gasteiger partial charge < -0.3 is 9.64 Å². The number of benzene rings is 1. The van der Waals surface area contributed by atoms with Gasteiger partial charge in [-0.2, -0.15) is 0 Å². The fourth-order valence-corrected chi connectivity index (χ4v) is 1.58. The van der Waals surface area contributed by atoms with E-state index in [1.807, 2.05) is 0 Å². The first kappa shape index (κ1) is 10.3. The van der Waals surface area contributed by atoms with Crippen LogP contribution in [-0.4, -0.2) is 26.3 Å². The summed E-state index contributed by atoms with van der Waals surface area (Å²) in [5.74, 6) is -2.93. The second-order valence-electron chi connectivity index (χ2n) is 3.32. The van der Waals surface area contributed by atoms with Gasteiger partial charge in [0.25, 0.3) is 0 Å². The molecule has 2 nitrogen and oxygen atoms in total. The lowest BCUT2D eigenvalue weighted by atomic mass is 10.2. The molecule has 1 aliphatic rings. The summed E-state index contributed by atoms with van der Waals surface area (Å²) in [5, 5.41) is 0. The van der Waals surface area contributed by atoms with Crippen LogP contribution in [0.1, 0.15) is 0 Å². The Bertz CT molecular complexity index is 364. The molecule has 0 atom stereocenters. The van der Waals surface area contributed by atoms with Crippen LogP contribution in [-0.2, 0) is 4.74 Å². The highest BCUT2D eigenvalue weighted by atomic mass is 19.2. The Hall–Kier alpha value is -1.23. The Kier molecular flexibility index (Phi) is 2.81.